The van der Waals surface area contributed by atoms with Crippen molar-refractivity contribution in [3.05, 3.63) is 52.2 Å². The first kappa shape index (κ1) is 13.6. The molecule has 2 rings (SSSR count). The van der Waals surface area contributed by atoms with Gasteiger partial charge in [0.25, 0.3) is 5.91 Å². The number of hydrogen-bond donors (Lipinski definition) is 1. The lowest BCUT2D eigenvalue weighted by Crippen LogP contribution is -2.36. The van der Waals surface area contributed by atoms with Crippen LogP contribution in [-0.2, 0) is 6.54 Å². The highest BCUT2D eigenvalue weighted by Gasteiger charge is 2.19. The van der Waals surface area contributed by atoms with Gasteiger partial charge in [-0.05, 0) is 43.0 Å². The van der Waals surface area contributed by atoms with E-state index in [1.807, 2.05) is 59.8 Å². The van der Waals surface area contributed by atoms with Crippen LogP contribution in [0.3, 0.4) is 0 Å². The molecule has 0 aliphatic rings. The molecule has 0 aliphatic carbocycles. The molecule has 1 aromatic carbocycles. The molecule has 0 unspecified atom stereocenters. The van der Waals surface area contributed by atoms with Crippen LogP contribution < -0.4 is 5.73 Å². The van der Waals surface area contributed by atoms with Crippen molar-refractivity contribution < 1.29 is 4.79 Å². The summed E-state index contributed by atoms with van der Waals surface area (Å²) in [5.41, 5.74) is 8.26. The van der Waals surface area contributed by atoms with Gasteiger partial charge >= 0.3 is 0 Å². The lowest BCUT2D eigenvalue weighted by molar-refractivity contribution is 0.0691. The largest absolute Gasteiger partial charge is 0.399 e. The van der Waals surface area contributed by atoms with Gasteiger partial charge in [-0.1, -0.05) is 12.1 Å². The molecule has 0 saturated carbocycles. The zero-order valence-corrected chi connectivity index (χ0v) is 12.0. The first-order valence-corrected chi connectivity index (χ1v) is 7.20. The van der Waals surface area contributed by atoms with Crippen LogP contribution in [0.5, 0.6) is 0 Å². The Balaban J connectivity index is 2.17. The van der Waals surface area contributed by atoms with Crippen molar-refractivity contribution in [3.8, 4) is 0 Å². The number of carbonyl (C=O) groups is 1. The highest BCUT2D eigenvalue weighted by molar-refractivity contribution is 7.08. The number of anilines is 1. The molecule has 1 amide bonds. The monoisotopic (exact) mass is 274 g/mol. The van der Waals surface area contributed by atoms with E-state index in [-0.39, 0.29) is 11.9 Å². The van der Waals surface area contributed by atoms with Crippen LogP contribution >= 0.6 is 11.3 Å². The molecule has 2 N–H and O–H groups in total. The Morgan fingerprint density at radius 1 is 1.26 bits per heavy atom. The van der Waals surface area contributed by atoms with Gasteiger partial charge in [-0.15, -0.1) is 0 Å². The van der Waals surface area contributed by atoms with Crippen molar-refractivity contribution in [2.75, 3.05) is 5.73 Å². The number of benzene rings is 1. The molecule has 1 aromatic heterocycles. The van der Waals surface area contributed by atoms with E-state index in [0.29, 0.717) is 6.54 Å². The van der Waals surface area contributed by atoms with E-state index in [1.54, 1.807) is 11.3 Å². The fourth-order valence-corrected chi connectivity index (χ4v) is 2.49. The van der Waals surface area contributed by atoms with E-state index in [0.717, 1.165) is 16.8 Å². The summed E-state index contributed by atoms with van der Waals surface area (Å²) in [4.78, 5) is 14.3. The Bertz CT molecular complexity index is 532. The average Bonchev–Trinajstić information content (AvgIpc) is 2.91. The molecule has 2 aromatic rings. The minimum absolute atomic E-state index is 0.0769. The van der Waals surface area contributed by atoms with Gasteiger partial charge in [0, 0.05) is 23.7 Å². The molecule has 4 heteroatoms. The van der Waals surface area contributed by atoms with Gasteiger partial charge in [0.05, 0.1) is 5.56 Å². The lowest BCUT2D eigenvalue weighted by Gasteiger charge is -2.26. The molecule has 3 nitrogen and oxygen atoms in total. The lowest BCUT2D eigenvalue weighted by atomic mass is 10.1. The maximum atomic E-state index is 12.4. The van der Waals surface area contributed by atoms with Crippen LogP contribution in [0.25, 0.3) is 0 Å². The van der Waals surface area contributed by atoms with Crippen LogP contribution in [0, 0.1) is 0 Å². The standard InChI is InChI=1S/C15H18N2OS/c1-11(2)17(15(18)13-7-8-19-10-13)9-12-3-5-14(16)6-4-12/h3-8,10-11H,9,16H2,1-2H3. The van der Waals surface area contributed by atoms with Crippen molar-refractivity contribution in [1.29, 1.82) is 0 Å². The number of nitrogens with two attached hydrogens (primary N) is 1. The highest BCUT2D eigenvalue weighted by atomic mass is 32.1. The third-order valence-electron chi connectivity index (χ3n) is 2.98. The molecular weight excluding hydrogens is 256 g/mol. The predicted molar refractivity (Wildman–Crippen MR) is 80.2 cm³/mol. The Hall–Kier alpha value is -1.81. The summed E-state index contributed by atoms with van der Waals surface area (Å²) in [5, 5.41) is 3.82. The number of nitrogens with zero attached hydrogens (tertiary/aromatic N) is 1. The second-order valence-electron chi connectivity index (χ2n) is 4.78. The molecule has 0 bridgehead atoms. The summed E-state index contributed by atoms with van der Waals surface area (Å²) in [7, 11) is 0. The van der Waals surface area contributed by atoms with E-state index < -0.39 is 0 Å². The van der Waals surface area contributed by atoms with Crippen LogP contribution in [0.1, 0.15) is 29.8 Å². The summed E-state index contributed by atoms with van der Waals surface area (Å²) in [6.07, 6.45) is 0. The third kappa shape index (κ3) is 3.35. The van der Waals surface area contributed by atoms with Crippen molar-refractivity contribution >= 4 is 22.9 Å². The van der Waals surface area contributed by atoms with Gasteiger partial charge in [0.1, 0.15) is 0 Å². The SMILES string of the molecule is CC(C)N(Cc1ccc(N)cc1)C(=O)c1ccsc1. The van der Waals surface area contributed by atoms with Crippen LogP contribution in [0.4, 0.5) is 5.69 Å². The Morgan fingerprint density at radius 2 is 1.95 bits per heavy atom. The molecular formula is C15H18N2OS. The topological polar surface area (TPSA) is 46.3 Å². The molecule has 0 fully saturated rings. The normalized spacial score (nSPS) is 10.7. The molecule has 0 saturated heterocycles. The molecule has 100 valence electrons. The zero-order chi connectivity index (χ0) is 13.8. The fraction of sp³-hybridized carbons (Fsp3) is 0.267. The van der Waals surface area contributed by atoms with Crippen LogP contribution in [-0.4, -0.2) is 16.8 Å². The highest BCUT2D eigenvalue weighted by Crippen LogP contribution is 2.16. The van der Waals surface area contributed by atoms with Gasteiger partial charge in [-0.2, -0.15) is 11.3 Å². The number of thiophene rings is 1. The maximum absolute atomic E-state index is 12.4. The van der Waals surface area contributed by atoms with E-state index in [2.05, 4.69) is 0 Å². The van der Waals surface area contributed by atoms with Crippen molar-refractivity contribution in [3.63, 3.8) is 0 Å². The Labute approximate surface area is 117 Å². The van der Waals surface area contributed by atoms with Gasteiger partial charge < -0.3 is 10.6 Å². The number of hydrogen-bond acceptors (Lipinski definition) is 3. The number of carbonyl (C=O) groups excluding carboxylic acids is 1. The number of rotatable bonds is 4. The van der Waals surface area contributed by atoms with Crippen LogP contribution in [0.15, 0.2) is 41.1 Å². The number of amides is 1. The summed E-state index contributed by atoms with van der Waals surface area (Å²) in [6, 6.07) is 9.68. The summed E-state index contributed by atoms with van der Waals surface area (Å²) < 4.78 is 0. The second kappa shape index (κ2) is 5.89. The molecule has 0 spiro atoms. The summed E-state index contributed by atoms with van der Waals surface area (Å²) >= 11 is 1.54. The van der Waals surface area contributed by atoms with E-state index in [9.17, 15) is 4.79 Å². The van der Waals surface area contributed by atoms with Gasteiger partial charge in [0.2, 0.25) is 0 Å². The molecule has 0 atom stereocenters. The van der Waals surface area contributed by atoms with E-state index in [4.69, 9.17) is 5.73 Å². The number of nitrogen functional groups attached to an aromatic ring is 1. The maximum Gasteiger partial charge on any atom is 0.255 e. The molecule has 1 heterocycles. The molecule has 0 aliphatic heterocycles. The molecule has 0 radical (unpaired) electrons. The summed E-state index contributed by atoms with van der Waals surface area (Å²) in [5.74, 6) is 0.0769. The predicted octanol–water partition coefficient (Wildman–Crippen LogP) is 3.38. The van der Waals surface area contributed by atoms with Gasteiger partial charge in [-0.25, -0.2) is 0 Å². The smallest absolute Gasteiger partial charge is 0.255 e. The Kier molecular flexibility index (Phi) is 4.22. The van der Waals surface area contributed by atoms with Crippen molar-refractivity contribution in [1.82, 2.24) is 4.90 Å². The third-order valence-corrected chi connectivity index (χ3v) is 3.67. The first-order chi connectivity index (χ1) is 9.08. The van der Waals surface area contributed by atoms with E-state index in [1.165, 1.54) is 0 Å². The van der Waals surface area contributed by atoms with Crippen molar-refractivity contribution in [2.45, 2.75) is 26.4 Å². The summed E-state index contributed by atoms with van der Waals surface area (Å²) in [6.45, 7) is 4.66. The van der Waals surface area contributed by atoms with Crippen LogP contribution in [0.2, 0.25) is 0 Å². The first-order valence-electron chi connectivity index (χ1n) is 6.25. The minimum Gasteiger partial charge on any atom is -0.399 e. The fourth-order valence-electron chi connectivity index (χ4n) is 1.86. The minimum atomic E-state index is 0.0769. The zero-order valence-electron chi connectivity index (χ0n) is 11.2. The second-order valence-corrected chi connectivity index (χ2v) is 5.56. The Morgan fingerprint density at radius 3 is 2.47 bits per heavy atom. The average molecular weight is 274 g/mol. The molecule has 19 heavy (non-hydrogen) atoms. The van der Waals surface area contributed by atoms with Gasteiger partial charge in [-0.3, -0.25) is 4.79 Å². The van der Waals surface area contributed by atoms with Crippen molar-refractivity contribution in [2.24, 2.45) is 0 Å². The van der Waals surface area contributed by atoms with E-state index >= 15 is 0 Å². The quantitative estimate of drug-likeness (QED) is 0.869. The van der Waals surface area contributed by atoms with Gasteiger partial charge in [0.15, 0.2) is 0 Å².